The van der Waals surface area contributed by atoms with Gasteiger partial charge >= 0.3 is 0 Å². The van der Waals surface area contributed by atoms with Gasteiger partial charge in [-0.2, -0.15) is 5.10 Å². The standard InChI is InChI=1S/C17H24N4O/c1-13-15(8-19-20(13)2)9-21-10-16(12-22-3)17(11-21)14-4-6-18-7-5-14/h4-8,16-17H,9-12H2,1-3H3/t16-,17-/m0/s1. The summed E-state index contributed by atoms with van der Waals surface area (Å²) < 4.78 is 7.39. The Morgan fingerprint density at radius 2 is 2.05 bits per heavy atom. The topological polar surface area (TPSA) is 43.2 Å². The first-order valence-corrected chi connectivity index (χ1v) is 7.77. The van der Waals surface area contributed by atoms with Crippen molar-refractivity contribution in [2.75, 3.05) is 26.8 Å². The first kappa shape index (κ1) is 15.2. The van der Waals surface area contributed by atoms with Crippen molar-refractivity contribution in [3.8, 4) is 0 Å². The fourth-order valence-electron chi connectivity index (χ4n) is 3.40. The summed E-state index contributed by atoms with van der Waals surface area (Å²) in [6.45, 7) is 6.02. The van der Waals surface area contributed by atoms with Crippen LogP contribution in [-0.4, -0.2) is 46.5 Å². The van der Waals surface area contributed by atoms with Crippen LogP contribution in [0.3, 0.4) is 0 Å². The second-order valence-electron chi connectivity index (χ2n) is 6.18. The predicted molar refractivity (Wildman–Crippen MR) is 85.6 cm³/mol. The Hall–Kier alpha value is -1.72. The maximum Gasteiger partial charge on any atom is 0.0537 e. The van der Waals surface area contributed by atoms with Crippen LogP contribution in [0.25, 0.3) is 0 Å². The fourth-order valence-corrected chi connectivity index (χ4v) is 3.40. The van der Waals surface area contributed by atoms with Gasteiger partial charge in [-0.15, -0.1) is 0 Å². The molecule has 1 fully saturated rings. The van der Waals surface area contributed by atoms with E-state index in [-0.39, 0.29) is 0 Å². The number of nitrogens with zero attached hydrogens (tertiary/aromatic N) is 4. The van der Waals surface area contributed by atoms with E-state index in [9.17, 15) is 0 Å². The molecular weight excluding hydrogens is 276 g/mol. The maximum absolute atomic E-state index is 5.45. The van der Waals surface area contributed by atoms with Gasteiger partial charge in [-0.1, -0.05) is 0 Å². The third-order valence-electron chi connectivity index (χ3n) is 4.76. The molecule has 0 aromatic carbocycles. The molecule has 5 heteroatoms. The average Bonchev–Trinajstić information content (AvgIpc) is 3.07. The van der Waals surface area contributed by atoms with E-state index in [0.29, 0.717) is 11.8 Å². The van der Waals surface area contributed by atoms with E-state index in [1.54, 1.807) is 7.11 Å². The van der Waals surface area contributed by atoms with Gasteiger partial charge in [0.2, 0.25) is 0 Å². The monoisotopic (exact) mass is 300 g/mol. The summed E-state index contributed by atoms with van der Waals surface area (Å²) in [5, 5.41) is 4.35. The summed E-state index contributed by atoms with van der Waals surface area (Å²) >= 11 is 0. The number of hydrogen-bond acceptors (Lipinski definition) is 4. The lowest BCUT2D eigenvalue weighted by Gasteiger charge is -2.17. The molecule has 22 heavy (non-hydrogen) atoms. The van der Waals surface area contributed by atoms with Crippen molar-refractivity contribution < 1.29 is 4.74 Å². The zero-order chi connectivity index (χ0) is 15.5. The predicted octanol–water partition coefficient (Wildman–Crippen LogP) is 1.99. The molecule has 2 aromatic rings. The molecule has 0 radical (unpaired) electrons. The summed E-state index contributed by atoms with van der Waals surface area (Å²) in [6, 6.07) is 4.26. The van der Waals surface area contributed by atoms with Gasteiger partial charge in [0.05, 0.1) is 12.8 Å². The van der Waals surface area contributed by atoms with Crippen molar-refractivity contribution in [3.05, 3.63) is 47.5 Å². The van der Waals surface area contributed by atoms with Crippen LogP contribution in [0.15, 0.2) is 30.7 Å². The largest absolute Gasteiger partial charge is 0.384 e. The highest BCUT2D eigenvalue weighted by molar-refractivity contribution is 5.21. The van der Waals surface area contributed by atoms with Gasteiger partial charge in [0.15, 0.2) is 0 Å². The van der Waals surface area contributed by atoms with Gasteiger partial charge in [-0.25, -0.2) is 0 Å². The normalized spacial score (nSPS) is 22.3. The van der Waals surface area contributed by atoms with Gasteiger partial charge in [0.1, 0.15) is 0 Å². The second-order valence-corrected chi connectivity index (χ2v) is 6.18. The van der Waals surface area contributed by atoms with Crippen molar-refractivity contribution >= 4 is 0 Å². The van der Waals surface area contributed by atoms with Gasteiger partial charge in [0, 0.05) is 69.3 Å². The highest BCUT2D eigenvalue weighted by Gasteiger charge is 2.33. The smallest absolute Gasteiger partial charge is 0.0537 e. The zero-order valence-electron chi connectivity index (χ0n) is 13.6. The summed E-state index contributed by atoms with van der Waals surface area (Å²) in [7, 11) is 3.79. The molecule has 0 bridgehead atoms. The fraction of sp³-hybridized carbons (Fsp3) is 0.529. The van der Waals surface area contributed by atoms with Crippen LogP contribution in [-0.2, 0) is 18.3 Å². The average molecular weight is 300 g/mol. The Labute approximate surface area is 131 Å². The number of aromatic nitrogens is 3. The molecule has 0 amide bonds. The van der Waals surface area contributed by atoms with Crippen LogP contribution in [0.5, 0.6) is 0 Å². The Morgan fingerprint density at radius 3 is 2.68 bits per heavy atom. The van der Waals surface area contributed by atoms with E-state index >= 15 is 0 Å². The van der Waals surface area contributed by atoms with Gasteiger partial charge in [0.25, 0.3) is 0 Å². The number of aryl methyl sites for hydroxylation is 1. The molecule has 1 aliphatic heterocycles. The van der Waals surface area contributed by atoms with Crippen molar-refractivity contribution in [1.82, 2.24) is 19.7 Å². The van der Waals surface area contributed by atoms with E-state index in [4.69, 9.17) is 4.74 Å². The summed E-state index contributed by atoms with van der Waals surface area (Å²) in [4.78, 5) is 6.65. The van der Waals surface area contributed by atoms with E-state index in [0.717, 1.165) is 26.2 Å². The molecule has 3 heterocycles. The number of ether oxygens (including phenoxy) is 1. The third-order valence-corrected chi connectivity index (χ3v) is 4.76. The summed E-state index contributed by atoms with van der Waals surface area (Å²) in [5.41, 5.74) is 3.92. The molecule has 0 saturated carbocycles. The van der Waals surface area contributed by atoms with Gasteiger partial charge in [-0.05, 0) is 24.6 Å². The maximum atomic E-state index is 5.45. The van der Waals surface area contributed by atoms with Crippen LogP contribution < -0.4 is 0 Å². The Morgan fingerprint density at radius 1 is 1.27 bits per heavy atom. The van der Waals surface area contributed by atoms with Gasteiger partial charge in [-0.3, -0.25) is 14.6 Å². The lowest BCUT2D eigenvalue weighted by atomic mass is 9.90. The molecule has 1 aliphatic rings. The number of pyridine rings is 1. The second kappa shape index (κ2) is 6.58. The zero-order valence-corrected chi connectivity index (χ0v) is 13.6. The first-order valence-electron chi connectivity index (χ1n) is 7.77. The summed E-state index contributed by atoms with van der Waals surface area (Å²) in [6.07, 6.45) is 5.75. The molecular formula is C17H24N4O. The molecule has 0 unspecified atom stereocenters. The number of likely N-dealkylation sites (tertiary alicyclic amines) is 1. The van der Waals surface area contributed by atoms with E-state index in [2.05, 4.69) is 34.0 Å². The highest BCUT2D eigenvalue weighted by Crippen LogP contribution is 2.33. The third kappa shape index (κ3) is 3.05. The Balaban J connectivity index is 1.74. The molecule has 1 saturated heterocycles. The SMILES string of the molecule is COC[C@@H]1CN(Cc2cnn(C)c2C)C[C@H]1c1ccncc1. The number of rotatable bonds is 5. The molecule has 0 aliphatic carbocycles. The van der Waals surface area contributed by atoms with Crippen LogP contribution in [0, 0.1) is 12.8 Å². The van der Waals surface area contributed by atoms with Crippen LogP contribution in [0.2, 0.25) is 0 Å². The van der Waals surface area contributed by atoms with E-state index in [1.807, 2.05) is 30.3 Å². The van der Waals surface area contributed by atoms with E-state index < -0.39 is 0 Å². The molecule has 0 spiro atoms. The summed E-state index contributed by atoms with van der Waals surface area (Å²) in [5.74, 6) is 1.05. The van der Waals surface area contributed by atoms with Gasteiger partial charge < -0.3 is 4.74 Å². The minimum Gasteiger partial charge on any atom is -0.384 e. The minimum absolute atomic E-state index is 0.514. The van der Waals surface area contributed by atoms with Crippen LogP contribution in [0.4, 0.5) is 0 Å². The van der Waals surface area contributed by atoms with Crippen molar-refractivity contribution in [1.29, 1.82) is 0 Å². The first-order chi connectivity index (χ1) is 10.7. The molecule has 2 atom stereocenters. The molecule has 0 N–H and O–H groups in total. The number of hydrogen-bond donors (Lipinski definition) is 0. The molecule has 3 rings (SSSR count). The highest BCUT2D eigenvalue weighted by atomic mass is 16.5. The molecule has 118 valence electrons. The van der Waals surface area contributed by atoms with E-state index in [1.165, 1.54) is 16.8 Å². The Bertz CT molecular complexity index is 610. The quantitative estimate of drug-likeness (QED) is 0.847. The molecule has 2 aromatic heterocycles. The lowest BCUT2D eigenvalue weighted by molar-refractivity contribution is 0.147. The van der Waals surface area contributed by atoms with Crippen molar-refractivity contribution in [2.24, 2.45) is 13.0 Å². The van der Waals surface area contributed by atoms with Crippen LogP contribution >= 0.6 is 0 Å². The lowest BCUT2D eigenvalue weighted by Crippen LogP contribution is -2.21. The van der Waals surface area contributed by atoms with Crippen LogP contribution in [0.1, 0.15) is 22.7 Å². The van der Waals surface area contributed by atoms with Crippen molar-refractivity contribution in [3.63, 3.8) is 0 Å². The Kier molecular flexibility index (Phi) is 4.55. The van der Waals surface area contributed by atoms with Crippen molar-refractivity contribution in [2.45, 2.75) is 19.4 Å². The minimum atomic E-state index is 0.514. The number of methoxy groups -OCH3 is 1. The molecule has 5 nitrogen and oxygen atoms in total.